The molecule has 0 atom stereocenters. The van der Waals surface area contributed by atoms with E-state index in [4.69, 9.17) is 11.6 Å². The number of hydrogen-bond acceptors (Lipinski definition) is 2. The van der Waals surface area contributed by atoms with E-state index in [0.717, 1.165) is 25.7 Å². The number of carbonyl (C=O) groups excluding carboxylic acids is 2. The molecule has 2 fully saturated rings. The predicted octanol–water partition coefficient (Wildman–Crippen LogP) is 3.19. The molecular weight excluding hydrogens is 326 g/mol. The fourth-order valence-electron chi connectivity index (χ4n) is 3.48. The zero-order valence-electron chi connectivity index (χ0n) is 13.8. The average molecular weight is 350 g/mol. The van der Waals surface area contributed by atoms with Crippen molar-refractivity contribution in [3.8, 4) is 0 Å². The second-order valence-electron chi connectivity index (χ2n) is 6.67. The molecule has 1 aromatic carbocycles. The van der Waals surface area contributed by atoms with Crippen LogP contribution in [0.3, 0.4) is 0 Å². The number of piperidine rings is 1. The van der Waals surface area contributed by atoms with Gasteiger partial charge in [0, 0.05) is 35.8 Å². The Morgan fingerprint density at radius 1 is 0.917 bits per heavy atom. The molecule has 1 heterocycles. The first-order valence-electron chi connectivity index (χ1n) is 8.74. The monoisotopic (exact) mass is 349 g/mol. The molecule has 0 aromatic heterocycles. The molecule has 24 heavy (non-hydrogen) atoms. The molecule has 1 aliphatic carbocycles. The summed E-state index contributed by atoms with van der Waals surface area (Å²) in [7, 11) is 0. The van der Waals surface area contributed by atoms with Crippen LogP contribution in [0.15, 0.2) is 24.3 Å². The third-order valence-corrected chi connectivity index (χ3v) is 5.15. The first-order chi connectivity index (χ1) is 11.6. The van der Waals surface area contributed by atoms with Crippen LogP contribution >= 0.6 is 11.6 Å². The minimum Gasteiger partial charge on any atom is -0.338 e. The number of likely N-dealkylation sites (tertiary alicyclic amines) is 1. The summed E-state index contributed by atoms with van der Waals surface area (Å²) in [6, 6.07) is 7.38. The maximum absolute atomic E-state index is 12.5. The van der Waals surface area contributed by atoms with Gasteiger partial charge in [0.25, 0.3) is 5.91 Å². The van der Waals surface area contributed by atoms with Crippen molar-refractivity contribution < 1.29 is 9.59 Å². The van der Waals surface area contributed by atoms with Gasteiger partial charge < -0.3 is 15.5 Å². The van der Waals surface area contributed by atoms with Crippen LogP contribution in [0.5, 0.6) is 0 Å². The zero-order valence-corrected chi connectivity index (χ0v) is 14.5. The quantitative estimate of drug-likeness (QED) is 0.880. The van der Waals surface area contributed by atoms with Gasteiger partial charge in [0.1, 0.15) is 0 Å². The predicted molar refractivity (Wildman–Crippen MR) is 94.3 cm³/mol. The molecule has 1 aliphatic heterocycles. The minimum atomic E-state index is -0.0654. The van der Waals surface area contributed by atoms with Gasteiger partial charge in [0.2, 0.25) is 0 Å². The highest BCUT2D eigenvalue weighted by atomic mass is 35.5. The van der Waals surface area contributed by atoms with E-state index < -0.39 is 0 Å². The van der Waals surface area contributed by atoms with Gasteiger partial charge in [-0.2, -0.15) is 0 Å². The average Bonchev–Trinajstić information content (AvgIpc) is 3.08. The lowest BCUT2D eigenvalue weighted by molar-refractivity contribution is 0.0708. The molecule has 2 aliphatic rings. The van der Waals surface area contributed by atoms with Crippen LogP contribution in [0.4, 0.5) is 4.79 Å². The van der Waals surface area contributed by atoms with Gasteiger partial charge in [-0.1, -0.05) is 24.4 Å². The Hall–Kier alpha value is -1.75. The van der Waals surface area contributed by atoms with Gasteiger partial charge in [-0.15, -0.1) is 0 Å². The molecule has 3 rings (SSSR count). The van der Waals surface area contributed by atoms with Gasteiger partial charge in [-0.3, -0.25) is 4.79 Å². The van der Waals surface area contributed by atoms with E-state index in [1.807, 2.05) is 4.90 Å². The van der Waals surface area contributed by atoms with Crippen LogP contribution in [-0.4, -0.2) is 42.0 Å². The number of hydrogen-bond donors (Lipinski definition) is 2. The molecule has 0 bridgehead atoms. The van der Waals surface area contributed by atoms with E-state index in [-0.39, 0.29) is 18.0 Å². The second kappa shape index (κ2) is 7.88. The van der Waals surface area contributed by atoms with Gasteiger partial charge in [0.05, 0.1) is 0 Å². The molecule has 130 valence electrons. The van der Waals surface area contributed by atoms with E-state index in [9.17, 15) is 9.59 Å². The summed E-state index contributed by atoms with van der Waals surface area (Å²) in [5, 5.41) is 6.72. The Labute approximate surface area is 147 Å². The molecule has 3 amide bonds. The largest absolute Gasteiger partial charge is 0.338 e. The molecular formula is C18H24ClN3O2. The van der Waals surface area contributed by atoms with Crippen LogP contribution in [0.2, 0.25) is 5.02 Å². The van der Waals surface area contributed by atoms with Crippen molar-refractivity contribution in [2.75, 3.05) is 13.1 Å². The van der Waals surface area contributed by atoms with E-state index in [1.54, 1.807) is 24.3 Å². The van der Waals surface area contributed by atoms with Crippen molar-refractivity contribution in [1.82, 2.24) is 15.5 Å². The van der Waals surface area contributed by atoms with Gasteiger partial charge >= 0.3 is 6.03 Å². The zero-order chi connectivity index (χ0) is 16.9. The highest BCUT2D eigenvalue weighted by Gasteiger charge is 2.25. The summed E-state index contributed by atoms with van der Waals surface area (Å²) in [5.41, 5.74) is 0.657. The van der Waals surface area contributed by atoms with Crippen LogP contribution in [0.25, 0.3) is 0 Å². The Kier molecular flexibility index (Phi) is 5.61. The highest BCUT2D eigenvalue weighted by Crippen LogP contribution is 2.18. The van der Waals surface area contributed by atoms with Crippen molar-refractivity contribution in [2.45, 2.75) is 50.6 Å². The SMILES string of the molecule is O=C(NC1CCCC1)NC1CCN(C(=O)c2ccc(Cl)cc2)CC1. The van der Waals surface area contributed by atoms with Crippen molar-refractivity contribution in [3.05, 3.63) is 34.9 Å². The first kappa shape index (κ1) is 17.1. The van der Waals surface area contributed by atoms with Crippen LogP contribution in [0.1, 0.15) is 48.9 Å². The Morgan fingerprint density at radius 2 is 1.46 bits per heavy atom. The van der Waals surface area contributed by atoms with Gasteiger partial charge in [0.15, 0.2) is 0 Å². The normalized spacial score (nSPS) is 19.3. The number of amides is 3. The minimum absolute atomic E-state index is 0.0283. The maximum Gasteiger partial charge on any atom is 0.315 e. The molecule has 1 saturated heterocycles. The molecule has 0 unspecified atom stereocenters. The summed E-state index contributed by atoms with van der Waals surface area (Å²) in [6.45, 7) is 1.33. The van der Waals surface area contributed by atoms with Crippen molar-refractivity contribution in [1.29, 1.82) is 0 Å². The number of urea groups is 1. The molecule has 2 N–H and O–H groups in total. The molecule has 6 heteroatoms. The van der Waals surface area contributed by atoms with Crippen LogP contribution in [-0.2, 0) is 0 Å². The number of nitrogens with one attached hydrogen (secondary N) is 2. The Bertz CT molecular complexity index is 576. The van der Waals surface area contributed by atoms with Gasteiger partial charge in [-0.05, 0) is 49.9 Å². The van der Waals surface area contributed by atoms with E-state index in [1.165, 1.54) is 12.8 Å². The fraction of sp³-hybridized carbons (Fsp3) is 0.556. The number of benzene rings is 1. The molecule has 0 spiro atoms. The first-order valence-corrected chi connectivity index (χ1v) is 9.11. The summed E-state index contributed by atoms with van der Waals surface area (Å²) in [5.74, 6) is 0.0283. The van der Waals surface area contributed by atoms with Gasteiger partial charge in [-0.25, -0.2) is 4.79 Å². The molecule has 1 saturated carbocycles. The molecule has 1 aromatic rings. The smallest absolute Gasteiger partial charge is 0.315 e. The number of nitrogens with zero attached hydrogens (tertiary/aromatic N) is 1. The third kappa shape index (κ3) is 4.41. The standard InChI is InChI=1S/C18H24ClN3O2/c19-14-7-5-13(6-8-14)17(23)22-11-9-16(10-12-22)21-18(24)20-15-3-1-2-4-15/h5-8,15-16H,1-4,9-12H2,(H2,20,21,24). The maximum atomic E-state index is 12.5. The van der Waals surface area contributed by atoms with Crippen molar-refractivity contribution in [3.63, 3.8) is 0 Å². The van der Waals surface area contributed by atoms with E-state index in [0.29, 0.717) is 29.7 Å². The number of rotatable bonds is 3. The van der Waals surface area contributed by atoms with Crippen molar-refractivity contribution in [2.24, 2.45) is 0 Å². The van der Waals surface area contributed by atoms with Crippen molar-refractivity contribution >= 4 is 23.5 Å². The third-order valence-electron chi connectivity index (χ3n) is 4.90. The number of carbonyl (C=O) groups is 2. The number of halogens is 1. The Balaban J connectivity index is 1.44. The summed E-state index contributed by atoms with van der Waals surface area (Å²) in [4.78, 5) is 26.3. The lowest BCUT2D eigenvalue weighted by Crippen LogP contribution is -2.50. The molecule has 0 radical (unpaired) electrons. The highest BCUT2D eigenvalue weighted by molar-refractivity contribution is 6.30. The topological polar surface area (TPSA) is 61.4 Å². The summed E-state index contributed by atoms with van der Waals surface area (Å²) >= 11 is 5.86. The van der Waals surface area contributed by atoms with E-state index in [2.05, 4.69) is 10.6 Å². The van der Waals surface area contributed by atoms with Crippen LogP contribution in [0, 0.1) is 0 Å². The van der Waals surface area contributed by atoms with Crippen LogP contribution < -0.4 is 10.6 Å². The summed E-state index contributed by atoms with van der Waals surface area (Å²) in [6.07, 6.45) is 6.16. The second-order valence-corrected chi connectivity index (χ2v) is 7.11. The molecule has 5 nitrogen and oxygen atoms in total. The van der Waals surface area contributed by atoms with E-state index >= 15 is 0 Å². The Morgan fingerprint density at radius 3 is 2.04 bits per heavy atom. The fourth-order valence-corrected chi connectivity index (χ4v) is 3.61. The summed E-state index contributed by atoms with van der Waals surface area (Å²) < 4.78 is 0. The lowest BCUT2D eigenvalue weighted by Gasteiger charge is -2.32. The lowest BCUT2D eigenvalue weighted by atomic mass is 10.0.